The van der Waals surface area contributed by atoms with E-state index in [2.05, 4.69) is 16.2 Å². The third-order valence-electron chi connectivity index (χ3n) is 4.73. The standard InChI is InChI=1S/C18H20F2N4O4/c19-11-1-4-13(14(20)9-11)18(28)24-7-5-10(6-8-24)15(25)22-23-17(27)16(26)21-12-2-3-12/h1,4,9-10,12H,2-3,5-8H2,(H,21,26)(H,22,25)(H,23,27). The van der Waals surface area contributed by atoms with Crippen LogP contribution in [-0.2, 0) is 14.4 Å². The number of benzene rings is 1. The van der Waals surface area contributed by atoms with Crippen LogP contribution in [0.5, 0.6) is 0 Å². The Balaban J connectivity index is 1.45. The van der Waals surface area contributed by atoms with E-state index in [-0.39, 0.29) is 24.7 Å². The number of hydrazine groups is 1. The van der Waals surface area contributed by atoms with Gasteiger partial charge in [-0.3, -0.25) is 30.0 Å². The summed E-state index contributed by atoms with van der Waals surface area (Å²) in [6, 6.07) is 2.78. The quantitative estimate of drug-likeness (QED) is 0.504. The Labute approximate surface area is 159 Å². The van der Waals surface area contributed by atoms with E-state index in [4.69, 9.17) is 0 Å². The molecule has 1 heterocycles. The predicted octanol–water partition coefficient (Wildman–Crippen LogP) is 0.243. The number of hydrogen-bond donors (Lipinski definition) is 3. The van der Waals surface area contributed by atoms with Crippen LogP contribution >= 0.6 is 0 Å². The van der Waals surface area contributed by atoms with Gasteiger partial charge in [-0.25, -0.2) is 8.78 Å². The number of likely N-dealkylation sites (tertiary alicyclic amines) is 1. The molecular weight excluding hydrogens is 374 g/mol. The third kappa shape index (κ3) is 4.81. The first-order valence-corrected chi connectivity index (χ1v) is 9.00. The lowest BCUT2D eigenvalue weighted by molar-refractivity contribution is -0.141. The van der Waals surface area contributed by atoms with E-state index in [1.54, 1.807) is 0 Å². The van der Waals surface area contributed by atoms with Crippen LogP contribution < -0.4 is 16.2 Å². The Morgan fingerprint density at radius 2 is 1.61 bits per heavy atom. The highest BCUT2D eigenvalue weighted by Gasteiger charge is 2.30. The second-order valence-electron chi connectivity index (χ2n) is 6.88. The zero-order valence-corrected chi connectivity index (χ0v) is 15.0. The number of hydrogen-bond acceptors (Lipinski definition) is 4. The summed E-state index contributed by atoms with van der Waals surface area (Å²) >= 11 is 0. The Morgan fingerprint density at radius 1 is 0.929 bits per heavy atom. The minimum absolute atomic E-state index is 0.0294. The van der Waals surface area contributed by atoms with E-state index in [0.717, 1.165) is 25.0 Å². The Bertz CT molecular complexity index is 805. The Morgan fingerprint density at radius 3 is 2.21 bits per heavy atom. The molecule has 8 nitrogen and oxygen atoms in total. The maximum Gasteiger partial charge on any atom is 0.327 e. The molecule has 0 atom stereocenters. The summed E-state index contributed by atoms with van der Waals surface area (Å²) in [4.78, 5) is 49.0. The van der Waals surface area contributed by atoms with E-state index >= 15 is 0 Å². The lowest BCUT2D eigenvalue weighted by atomic mass is 9.95. The van der Waals surface area contributed by atoms with Gasteiger partial charge >= 0.3 is 11.8 Å². The molecule has 28 heavy (non-hydrogen) atoms. The zero-order chi connectivity index (χ0) is 20.3. The molecule has 3 N–H and O–H groups in total. The average Bonchev–Trinajstić information content (AvgIpc) is 3.49. The van der Waals surface area contributed by atoms with Gasteiger partial charge in [0.25, 0.3) is 5.91 Å². The molecule has 1 aromatic carbocycles. The summed E-state index contributed by atoms with van der Waals surface area (Å²) in [6.45, 7) is 0.424. The van der Waals surface area contributed by atoms with E-state index in [1.807, 2.05) is 0 Å². The summed E-state index contributed by atoms with van der Waals surface area (Å²) < 4.78 is 26.7. The molecule has 1 aliphatic heterocycles. The van der Waals surface area contributed by atoms with Gasteiger partial charge in [0.1, 0.15) is 11.6 Å². The van der Waals surface area contributed by atoms with Crippen molar-refractivity contribution in [1.29, 1.82) is 0 Å². The fourth-order valence-corrected chi connectivity index (χ4v) is 2.93. The molecule has 0 aromatic heterocycles. The number of halogens is 2. The summed E-state index contributed by atoms with van der Waals surface area (Å²) in [5, 5.41) is 2.50. The fourth-order valence-electron chi connectivity index (χ4n) is 2.93. The van der Waals surface area contributed by atoms with Crippen molar-refractivity contribution in [1.82, 2.24) is 21.1 Å². The predicted molar refractivity (Wildman–Crippen MR) is 92.4 cm³/mol. The van der Waals surface area contributed by atoms with Crippen molar-refractivity contribution in [2.45, 2.75) is 31.7 Å². The minimum Gasteiger partial charge on any atom is -0.345 e. The normalized spacial score (nSPS) is 17.0. The minimum atomic E-state index is -0.945. The van der Waals surface area contributed by atoms with Gasteiger partial charge in [-0.1, -0.05) is 0 Å². The summed E-state index contributed by atoms with van der Waals surface area (Å²) in [5.41, 5.74) is 4.06. The van der Waals surface area contributed by atoms with Gasteiger partial charge in [0, 0.05) is 31.1 Å². The van der Waals surface area contributed by atoms with Gasteiger partial charge in [0.05, 0.1) is 5.56 Å². The molecule has 1 aliphatic carbocycles. The first kappa shape index (κ1) is 19.7. The van der Waals surface area contributed by atoms with Crippen molar-refractivity contribution in [2.75, 3.05) is 13.1 Å². The van der Waals surface area contributed by atoms with Gasteiger partial charge in [0.15, 0.2) is 0 Å². The Kier molecular flexibility index (Phi) is 5.86. The number of carbonyl (C=O) groups excluding carboxylic acids is 4. The van der Waals surface area contributed by atoms with Crippen LogP contribution in [-0.4, -0.2) is 47.7 Å². The molecule has 0 unspecified atom stereocenters. The lowest BCUT2D eigenvalue weighted by Gasteiger charge is -2.31. The maximum atomic E-state index is 13.8. The van der Waals surface area contributed by atoms with Crippen LogP contribution in [0.2, 0.25) is 0 Å². The molecule has 0 spiro atoms. The van der Waals surface area contributed by atoms with Crippen LogP contribution in [0.4, 0.5) is 8.78 Å². The molecule has 1 aromatic rings. The maximum absolute atomic E-state index is 13.8. The van der Waals surface area contributed by atoms with Crippen LogP contribution in [0.3, 0.4) is 0 Å². The first-order chi connectivity index (χ1) is 13.3. The third-order valence-corrected chi connectivity index (χ3v) is 4.73. The van der Waals surface area contributed by atoms with Crippen molar-refractivity contribution in [3.8, 4) is 0 Å². The van der Waals surface area contributed by atoms with Crippen molar-refractivity contribution in [3.63, 3.8) is 0 Å². The summed E-state index contributed by atoms with van der Waals surface area (Å²) in [7, 11) is 0. The lowest BCUT2D eigenvalue weighted by Crippen LogP contribution is -2.52. The molecule has 2 fully saturated rings. The molecule has 0 radical (unpaired) electrons. The summed E-state index contributed by atoms with van der Waals surface area (Å²) in [6.07, 6.45) is 2.30. The largest absolute Gasteiger partial charge is 0.345 e. The highest BCUT2D eigenvalue weighted by atomic mass is 19.1. The molecule has 4 amide bonds. The van der Waals surface area contributed by atoms with E-state index in [9.17, 15) is 28.0 Å². The van der Waals surface area contributed by atoms with Gasteiger partial charge in [0.2, 0.25) is 5.91 Å². The van der Waals surface area contributed by atoms with E-state index in [0.29, 0.717) is 18.9 Å². The number of amides is 4. The number of carbonyl (C=O) groups is 4. The van der Waals surface area contributed by atoms with Crippen molar-refractivity contribution >= 4 is 23.6 Å². The van der Waals surface area contributed by atoms with Gasteiger partial charge < -0.3 is 10.2 Å². The molecular formula is C18H20F2N4O4. The monoisotopic (exact) mass is 394 g/mol. The molecule has 1 saturated heterocycles. The number of rotatable bonds is 3. The number of nitrogens with zero attached hydrogens (tertiary/aromatic N) is 1. The highest BCUT2D eigenvalue weighted by molar-refractivity contribution is 6.35. The average molecular weight is 394 g/mol. The van der Waals surface area contributed by atoms with Crippen molar-refractivity contribution in [2.24, 2.45) is 5.92 Å². The zero-order valence-electron chi connectivity index (χ0n) is 15.0. The molecule has 2 aliphatic rings. The first-order valence-electron chi connectivity index (χ1n) is 9.00. The fraction of sp³-hybridized carbons (Fsp3) is 0.444. The van der Waals surface area contributed by atoms with Gasteiger partial charge in [-0.15, -0.1) is 0 Å². The van der Waals surface area contributed by atoms with E-state index in [1.165, 1.54) is 4.90 Å². The molecule has 3 rings (SSSR count). The summed E-state index contributed by atoms with van der Waals surface area (Å²) in [5.74, 6) is -4.94. The topological polar surface area (TPSA) is 108 Å². The van der Waals surface area contributed by atoms with Crippen LogP contribution in [0.1, 0.15) is 36.0 Å². The van der Waals surface area contributed by atoms with Crippen LogP contribution in [0, 0.1) is 17.6 Å². The van der Waals surface area contributed by atoms with Gasteiger partial charge in [-0.05, 0) is 37.8 Å². The smallest absolute Gasteiger partial charge is 0.327 e. The van der Waals surface area contributed by atoms with Crippen LogP contribution in [0.15, 0.2) is 18.2 Å². The molecule has 150 valence electrons. The molecule has 10 heteroatoms. The number of piperidine rings is 1. The number of nitrogens with one attached hydrogen (secondary N) is 3. The second-order valence-corrected chi connectivity index (χ2v) is 6.88. The van der Waals surface area contributed by atoms with Gasteiger partial charge in [-0.2, -0.15) is 0 Å². The Hall–Kier alpha value is -3.04. The molecule has 1 saturated carbocycles. The molecule has 0 bridgehead atoms. The van der Waals surface area contributed by atoms with Crippen LogP contribution in [0.25, 0.3) is 0 Å². The van der Waals surface area contributed by atoms with Crippen molar-refractivity contribution in [3.05, 3.63) is 35.4 Å². The second kappa shape index (κ2) is 8.32. The highest BCUT2D eigenvalue weighted by Crippen LogP contribution is 2.21. The van der Waals surface area contributed by atoms with E-state index < -0.39 is 41.2 Å². The SMILES string of the molecule is O=C(NNC(=O)C1CCN(C(=O)c2ccc(F)cc2F)CC1)C(=O)NC1CC1. The van der Waals surface area contributed by atoms with Crippen molar-refractivity contribution < 1.29 is 28.0 Å².